The van der Waals surface area contributed by atoms with Crippen LogP contribution >= 0.6 is 23.2 Å². The van der Waals surface area contributed by atoms with Gasteiger partial charge >= 0.3 is 0 Å². The average molecular weight is 325 g/mol. The smallest absolute Gasteiger partial charge is 0.255 e. The van der Waals surface area contributed by atoms with Crippen molar-refractivity contribution in [2.45, 2.75) is 6.42 Å². The number of anilines is 2. The topological polar surface area (TPSA) is 75.4 Å². The average Bonchev–Trinajstić information content (AvgIpc) is 2.46. The van der Waals surface area contributed by atoms with Crippen molar-refractivity contribution in [3.05, 3.63) is 57.6 Å². The molecule has 21 heavy (non-hydrogen) atoms. The van der Waals surface area contributed by atoms with Gasteiger partial charge in [-0.2, -0.15) is 0 Å². The summed E-state index contributed by atoms with van der Waals surface area (Å²) >= 11 is 11.8. The molecule has 110 valence electrons. The van der Waals surface area contributed by atoms with E-state index in [0.717, 1.165) is 5.56 Å². The van der Waals surface area contributed by atoms with E-state index in [1.807, 2.05) is 12.1 Å². The van der Waals surface area contributed by atoms with Crippen molar-refractivity contribution in [2.24, 2.45) is 0 Å². The number of rotatable bonds is 4. The van der Waals surface area contributed by atoms with E-state index in [2.05, 4.69) is 5.32 Å². The van der Waals surface area contributed by atoms with E-state index < -0.39 is 0 Å². The molecule has 0 saturated heterocycles. The first-order chi connectivity index (χ1) is 10.0. The molecule has 0 saturated carbocycles. The summed E-state index contributed by atoms with van der Waals surface area (Å²) in [6, 6.07) is 10.2. The second-order valence-electron chi connectivity index (χ2n) is 4.49. The summed E-state index contributed by atoms with van der Waals surface area (Å²) in [6.45, 7) is 0.0915. The molecule has 2 rings (SSSR count). The van der Waals surface area contributed by atoms with Crippen LogP contribution < -0.4 is 11.1 Å². The Morgan fingerprint density at radius 1 is 1.19 bits per heavy atom. The molecule has 4 N–H and O–H groups in total. The number of hydrogen-bond acceptors (Lipinski definition) is 3. The maximum Gasteiger partial charge on any atom is 0.255 e. The predicted molar refractivity (Wildman–Crippen MR) is 86.1 cm³/mol. The monoisotopic (exact) mass is 324 g/mol. The summed E-state index contributed by atoms with van der Waals surface area (Å²) in [5.74, 6) is -0.324. The Kier molecular flexibility index (Phi) is 5.07. The highest BCUT2D eigenvalue weighted by atomic mass is 35.5. The van der Waals surface area contributed by atoms with Gasteiger partial charge in [0.2, 0.25) is 0 Å². The maximum absolute atomic E-state index is 12.1. The molecular weight excluding hydrogens is 311 g/mol. The van der Waals surface area contributed by atoms with Crippen LogP contribution in [0.1, 0.15) is 15.9 Å². The zero-order chi connectivity index (χ0) is 15.4. The van der Waals surface area contributed by atoms with Crippen LogP contribution in [0.25, 0.3) is 0 Å². The lowest BCUT2D eigenvalue weighted by Crippen LogP contribution is -2.12. The van der Waals surface area contributed by atoms with Crippen LogP contribution in [-0.2, 0) is 6.42 Å². The summed E-state index contributed by atoms with van der Waals surface area (Å²) < 4.78 is 0. The van der Waals surface area contributed by atoms with Crippen LogP contribution in [0.5, 0.6) is 0 Å². The quantitative estimate of drug-likeness (QED) is 0.755. The molecule has 4 nitrogen and oxygen atoms in total. The first kappa shape index (κ1) is 15.6. The zero-order valence-electron chi connectivity index (χ0n) is 11.1. The second-order valence-corrected chi connectivity index (χ2v) is 5.27. The van der Waals surface area contributed by atoms with Gasteiger partial charge in [0.15, 0.2) is 0 Å². The van der Waals surface area contributed by atoms with Crippen LogP contribution in [0.15, 0.2) is 36.4 Å². The number of nitrogen functional groups attached to an aromatic ring is 1. The molecule has 1 amide bonds. The lowest BCUT2D eigenvalue weighted by molar-refractivity contribution is 0.102. The van der Waals surface area contributed by atoms with E-state index in [1.165, 1.54) is 12.1 Å². The lowest BCUT2D eigenvalue weighted by atomic mass is 10.1. The highest BCUT2D eigenvalue weighted by molar-refractivity contribution is 6.44. The van der Waals surface area contributed by atoms with E-state index in [4.69, 9.17) is 34.0 Å². The summed E-state index contributed by atoms with van der Waals surface area (Å²) in [5, 5.41) is 12.1. The molecule has 0 bridgehead atoms. The molecule has 0 atom stereocenters. The van der Waals surface area contributed by atoms with E-state index in [0.29, 0.717) is 17.7 Å². The molecule has 0 radical (unpaired) electrons. The van der Waals surface area contributed by atoms with Gasteiger partial charge in [-0.25, -0.2) is 0 Å². The van der Waals surface area contributed by atoms with Gasteiger partial charge in [-0.3, -0.25) is 4.79 Å². The van der Waals surface area contributed by atoms with E-state index >= 15 is 0 Å². The summed E-state index contributed by atoms with van der Waals surface area (Å²) in [4.78, 5) is 12.1. The van der Waals surface area contributed by atoms with E-state index in [9.17, 15) is 4.79 Å². The molecule has 2 aromatic carbocycles. The maximum atomic E-state index is 12.1. The molecule has 0 spiro atoms. The molecule has 0 unspecified atom stereocenters. The van der Waals surface area contributed by atoms with Gasteiger partial charge < -0.3 is 16.2 Å². The van der Waals surface area contributed by atoms with Crippen molar-refractivity contribution in [1.29, 1.82) is 0 Å². The highest BCUT2D eigenvalue weighted by Gasteiger charge is 2.11. The summed E-state index contributed by atoms with van der Waals surface area (Å²) in [6.07, 6.45) is 0.581. The van der Waals surface area contributed by atoms with Gasteiger partial charge in [0.05, 0.1) is 15.7 Å². The van der Waals surface area contributed by atoms with Crippen molar-refractivity contribution in [1.82, 2.24) is 0 Å². The van der Waals surface area contributed by atoms with Gasteiger partial charge in [-0.1, -0.05) is 35.3 Å². The molecule has 0 aliphatic heterocycles. The minimum Gasteiger partial charge on any atom is -0.397 e. The fourth-order valence-corrected chi connectivity index (χ4v) is 2.16. The van der Waals surface area contributed by atoms with E-state index in [-0.39, 0.29) is 28.2 Å². The van der Waals surface area contributed by atoms with Crippen molar-refractivity contribution in [2.75, 3.05) is 17.7 Å². The molecule has 0 fully saturated rings. The van der Waals surface area contributed by atoms with Crippen molar-refractivity contribution in [3.63, 3.8) is 0 Å². The number of hydrogen-bond donors (Lipinski definition) is 3. The number of amides is 1. The summed E-state index contributed by atoms with van der Waals surface area (Å²) in [5.41, 5.74) is 7.92. The summed E-state index contributed by atoms with van der Waals surface area (Å²) in [7, 11) is 0. The zero-order valence-corrected chi connectivity index (χ0v) is 12.6. The number of benzene rings is 2. The van der Waals surface area contributed by atoms with Gasteiger partial charge in [-0.15, -0.1) is 0 Å². The van der Waals surface area contributed by atoms with Gasteiger partial charge in [-0.05, 0) is 36.2 Å². The predicted octanol–water partition coefficient (Wildman–Crippen LogP) is 3.36. The first-order valence-electron chi connectivity index (χ1n) is 6.27. The number of nitrogens with two attached hydrogens (primary N) is 1. The van der Waals surface area contributed by atoms with Crippen LogP contribution in [0, 0.1) is 0 Å². The first-order valence-corrected chi connectivity index (χ1v) is 7.02. The molecule has 0 aromatic heterocycles. The highest BCUT2D eigenvalue weighted by Crippen LogP contribution is 2.29. The second kappa shape index (κ2) is 6.80. The minimum atomic E-state index is -0.324. The third-order valence-electron chi connectivity index (χ3n) is 2.93. The van der Waals surface area contributed by atoms with Crippen molar-refractivity contribution < 1.29 is 9.90 Å². The fraction of sp³-hybridized carbons (Fsp3) is 0.133. The number of nitrogens with one attached hydrogen (secondary N) is 1. The van der Waals surface area contributed by atoms with Crippen LogP contribution in [0.2, 0.25) is 10.0 Å². The number of carbonyl (C=O) groups is 1. The molecule has 0 heterocycles. The van der Waals surface area contributed by atoms with Crippen molar-refractivity contribution >= 4 is 40.5 Å². The third kappa shape index (κ3) is 3.88. The SMILES string of the molecule is Nc1cc(C(=O)Nc2ccc(CCO)cc2)cc(Cl)c1Cl. The van der Waals surface area contributed by atoms with Gasteiger partial charge in [0.25, 0.3) is 5.91 Å². The van der Waals surface area contributed by atoms with Gasteiger partial charge in [0, 0.05) is 17.9 Å². The molecular formula is C15H14Cl2N2O2. The molecule has 0 aliphatic rings. The molecule has 2 aromatic rings. The Morgan fingerprint density at radius 2 is 1.86 bits per heavy atom. The molecule has 0 aliphatic carbocycles. The van der Waals surface area contributed by atoms with Gasteiger partial charge in [0.1, 0.15) is 0 Å². The lowest BCUT2D eigenvalue weighted by Gasteiger charge is -2.08. The number of aliphatic hydroxyl groups excluding tert-OH is 1. The Balaban J connectivity index is 2.14. The fourth-order valence-electron chi connectivity index (χ4n) is 1.83. The molecule has 6 heteroatoms. The van der Waals surface area contributed by atoms with E-state index in [1.54, 1.807) is 12.1 Å². The Labute approximate surface area is 132 Å². The Hall–Kier alpha value is -1.75. The number of carbonyl (C=O) groups excluding carboxylic acids is 1. The standard InChI is InChI=1S/C15H14Cl2N2O2/c16-12-7-10(8-13(18)14(12)17)15(21)19-11-3-1-9(2-4-11)5-6-20/h1-4,7-8,20H,5-6,18H2,(H,19,21). The van der Waals surface area contributed by atoms with Crippen molar-refractivity contribution in [3.8, 4) is 0 Å². The number of aliphatic hydroxyl groups is 1. The van der Waals surface area contributed by atoms with Crippen LogP contribution in [0.3, 0.4) is 0 Å². The van der Waals surface area contributed by atoms with Crippen LogP contribution in [0.4, 0.5) is 11.4 Å². The Morgan fingerprint density at radius 3 is 2.43 bits per heavy atom. The normalized spacial score (nSPS) is 10.4. The third-order valence-corrected chi connectivity index (χ3v) is 3.75. The largest absolute Gasteiger partial charge is 0.397 e. The Bertz CT molecular complexity index is 634. The minimum absolute atomic E-state index is 0.0915. The van der Waals surface area contributed by atoms with Crippen LogP contribution in [-0.4, -0.2) is 17.6 Å². The number of halogens is 2.